The number of carboxylic acid groups (broad SMARTS) is 1. The SMILES string of the molecule is Cc1ncc(C#N)cc1CC1CCC(C(=O)N2OCC[C@H]2c2cc(F)cc(F)c2)CC1.O=CO. The van der Waals surface area contributed by atoms with Crippen LogP contribution in [0.5, 0.6) is 0 Å². The largest absolute Gasteiger partial charge is 0.483 e. The zero-order valence-electron chi connectivity index (χ0n) is 18.9. The van der Waals surface area contributed by atoms with Crippen LogP contribution in [0.4, 0.5) is 8.78 Å². The van der Waals surface area contributed by atoms with E-state index >= 15 is 0 Å². The summed E-state index contributed by atoms with van der Waals surface area (Å²) in [5.41, 5.74) is 3.02. The Bertz CT molecular complexity index is 1040. The average molecular weight is 472 g/mol. The Balaban J connectivity index is 0.00000103. The molecule has 1 amide bonds. The molecule has 1 aromatic carbocycles. The van der Waals surface area contributed by atoms with Gasteiger partial charge in [0.15, 0.2) is 0 Å². The van der Waals surface area contributed by atoms with E-state index in [1.54, 1.807) is 6.20 Å². The van der Waals surface area contributed by atoms with Gasteiger partial charge in [-0.1, -0.05) is 0 Å². The molecule has 1 atom stereocenters. The van der Waals surface area contributed by atoms with E-state index in [-0.39, 0.29) is 18.3 Å². The molecule has 0 unspecified atom stereocenters. The molecule has 9 heteroatoms. The van der Waals surface area contributed by atoms with E-state index in [1.807, 2.05) is 13.0 Å². The number of pyridine rings is 1. The number of carbonyl (C=O) groups excluding carboxylic acids is 1. The lowest BCUT2D eigenvalue weighted by Gasteiger charge is -2.32. The molecule has 1 saturated carbocycles. The maximum atomic E-state index is 13.7. The van der Waals surface area contributed by atoms with Gasteiger partial charge in [0.05, 0.1) is 18.2 Å². The van der Waals surface area contributed by atoms with Crippen LogP contribution in [0, 0.1) is 41.7 Å². The number of rotatable bonds is 4. The summed E-state index contributed by atoms with van der Waals surface area (Å²) in [4.78, 5) is 31.4. The zero-order valence-corrected chi connectivity index (χ0v) is 18.9. The van der Waals surface area contributed by atoms with Crippen LogP contribution in [-0.4, -0.2) is 34.1 Å². The fourth-order valence-corrected chi connectivity index (χ4v) is 4.71. The van der Waals surface area contributed by atoms with Crippen LogP contribution >= 0.6 is 0 Å². The Labute approximate surface area is 196 Å². The van der Waals surface area contributed by atoms with Crippen molar-refractivity contribution in [3.05, 3.63) is 64.5 Å². The van der Waals surface area contributed by atoms with Crippen molar-refractivity contribution in [2.24, 2.45) is 11.8 Å². The van der Waals surface area contributed by atoms with Gasteiger partial charge >= 0.3 is 0 Å². The lowest BCUT2D eigenvalue weighted by molar-refractivity contribution is -0.183. The average Bonchev–Trinajstić information content (AvgIpc) is 3.30. The van der Waals surface area contributed by atoms with Crippen molar-refractivity contribution in [1.82, 2.24) is 10.0 Å². The number of halogens is 2. The third-order valence-electron chi connectivity index (χ3n) is 6.42. The quantitative estimate of drug-likeness (QED) is 0.659. The molecule has 34 heavy (non-hydrogen) atoms. The van der Waals surface area contributed by atoms with Crippen molar-refractivity contribution < 1.29 is 28.3 Å². The molecule has 180 valence electrons. The van der Waals surface area contributed by atoms with E-state index in [4.69, 9.17) is 20.0 Å². The molecule has 2 heterocycles. The van der Waals surface area contributed by atoms with Gasteiger partial charge in [-0.05, 0) is 74.3 Å². The van der Waals surface area contributed by atoms with Crippen LogP contribution in [0.2, 0.25) is 0 Å². The van der Waals surface area contributed by atoms with Crippen molar-refractivity contribution in [3.63, 3.8) is 0 Å². The lowest BCUT2D eigenvalue weighted by atomic mass is 9.78. The summed E-state index contributed by atoms with van der Waals surface area (Å²) < 4.78 is 27.3. The van der Waals surface area contributed by atoms with E-state index in [9.17, 15) is 13.6 Å². The van der Waals surface area contributed by atoms with E-state index in [0.29, 0.717) is 30.1 Å². The summed E-state index contributed by atoms with van der Waals surface area (Å²) in [7, 11) is 0. The molecule has 0 radical (unpaired) electrons. The first-order valence-corrected chi connectivity index (χ1v) is 11.2. The highest BCUT2D eigenvalue weighted by Gasteiger charge is 2.37. The number of hydroxylamine groups is 2. The summed E-state index contributed by atoms with van der Waals surface area (Å²) in [6.07, 6.45) is 6.26. The van der Waals surface area contributed by atoms with Crippen LogP contribution in [0.25, 0.3) is 0 Å². The molecule has 7 nitrogen and oxygen atoms in total. The minimum absolute atomic E-state index is 0.102. The Kier molecular flexibility index (Phi) is 8.66. The third-order valence-corrected chi connectivity index (χ3v) is 6.42. The monoisotopic (exact) mass is 471 g/mol. The van der Waals surface area contributed by atoms with Crippen LogP contribution in [-0.2, 0) is 20.8 Å². The molecule has 2 aromatic rings. The molecular weight excluding hydrogens is 444 g/mol. The molecule has 1 aliphatic heterocycles. The number of aromatic nitrogens is 1. The number of amides is 1. The maximum absolute atomic E-state index is 13.7. The van der Waals surface area contributed by atoms with Gasteiger partial charge in [0.25, 0.3) is 6.47 Å². The first kappa shape index (κ1) is 25.2. The van der Waals surface area contributed by atoms with Crippen molar-refractivity contribution in [3.8, 4) is 6.07 Å². The molecular formula is C25H27F2N3O4. The number of nitriles is 1. The molecule has 2 aliphatic rings. The number of nitrogens with zero attached hydrogens (tertiary/aromatic N) is 3. The summed E-state index contributed by atoms with van der Waals surface area (Å²) in [5.74, 6) is -1.12. The summed E-state index contributed by atoms with van der Waals surface area (Å²) in [5, 5.41) is 17.3. The van der Waals surface area contributed by atoms with Crippen molar-refractivity contribution in [2.45, 2.75) is 51.5 Å². The van der Waals surface area contributed by atoms with Gasteiger partial charge < -0.3 is 5.11 Å². The van der Waals surface area contributed by atoms with Gasteiger partial charge in [-0.3, -0.25) is 19.4 Å². The highest BCUT2D eigenvalue weighted by molar-refractivity contribution is 5.78. The van der Waals surface area contributed by atoms with Crippen molar-refractivity contribution in [2.75, 3.05) is 6.61 Å². The third kappa shape index (κ3) is 6.14. The first-order chi connectivity index (χ1) is 16.4. The number of benzene rings is 1. The van der Waals surface area contributed by atoms with Gasteiger partial charge in [0, 0.05) is 30.3 Å². The van der Waals surface area contributed by atoms with Crippen LogP contribution in [0.15, 0.2) is 30.5 Å². The second-order valence-electron chi connectivity index (χ2n) is 8.61. The van der Waals surface area contributed by atoms with Crippen molar-refractivity contribution >= 4 is 12.4 Å². The molecule has 0 bridgehead atoms. The lowest BCUT2D eigenvalue weighted by Crippen LogP contribution is -2.36. The highest BCUT2D eigenvalue weighted by atomic mass is 19.1. The molecule has 1 aromatic heterocycles. The standard InChI is InChI=1S/C24H25F2N3O2.CH2O2/c1-15-19(9-17(13-27)14-28-15)8-16-2-4-18(5-3-16)24(30)29-23(6-7-31-29)20-10-21(25)12-22(26)11-20;2-1-3/h9-12,14,16,18,23H,2-8H2,1H3;1H,(H,2,3)/t16?,18?,23-;/m0./s1. The normalized spacial score (nSPS) is 21.8. The van der Waals surface area contributed by atoms with Gasteiger partial charge in [-0.25, -0.2) is 13.8 Å². The van der Waals surface area contributed by atoms with E-state index in [0.717, 1.165) is 49.4 Å². The summed E-state index contributed by atoms with van der Waals surface area (Å²) >= 11 is 0. The summed E-state index contributed by atoms with van der Waals surface area (Å²) in [6.45, 7) is 2.05. The molecule has 4 rings (SSSR count). The topological polar surface area (TPSA) is 104 Å². The van der Waals surface area contributed by atoms with Crippen LogP contribution in [0.3, 0.4) is 0 Å². The fourth-order valence-electron chi connectivity index (χ4n) is 4.71. The minimum atomic E-state index is -0.653. The van der Waals surface area contributed by atoms with E-state index in [1.165, 1.54) is 17.2 Å². The Morgan fingerprint density at radius 2 is 1.85 bits per heavy atom. The van der Waals surface area contributed by atoms with Gasteiger partial charge in [0.1, 0.15) is 17.7 Å². The molecule has 1 aliphatic carbocycles. The predicted molar refractivity (Wildman–Crippen MR) is 118 cm³/mol. The van der Waals surface area contributed by atoms with Gasteiger partial charge in [-0.2, -0.15) is 5.26 Å². The number of carbonyl (C=O) groups is 2. The highest BCUT2D eigenvalue weighted by Crippen LogP contribution is 2.37. The fraction of sp³-hybridized carbons (Fsp3) is 0.440. The summed E-state index contributed by atoms with van der Waals surface area (Å²) in [6, 6.07) is 6.95. The van der Waals surface area contributed by atoms with Crippen LogP contribution < -0.4 is 0 Å². The zero-order chi connectivity index (χ0) is 24.7. The smallest absolute Gasteiger partial charge is 0.290 e. The van der Waals surface area contributed by atoms with Gasteiger partial charge in [-0.15, -0.1) is 0 Å². The second kappa shape index (κ2) is 11.7. The Morgan fingerprint density at radius 3 is 2.47 bits per heavy atom. The molecule has 0 spiro atoms. The minimum Gasteiger partial charge on any atom is -0.483 e. The number of aryl methyl sites for hydroxylation is 1. The Morgan fingerprint density at radius 1 is 1.21 bits per heavy atom. The molecule has 2 fully saturated rings. The van der Waals surface area contributed by atoms with Gasteiger partial charge in [0.2, 0.25) is 5.91 Å². The number of hydrogen-bond acceptors (Lipinski definition) is 5. The van der Waals surface area contributed by atoms with Crippen LogP contribution in [0.1, 0.15) is 60.5 Å². The Hall–Kier alpha value is -3.38. The molecule has 1 N–H and O–H groups in total. The second-order valence-corrected chi connectivity index (χ2v) is 8.61. The number of hydrogen-bond donors (Lipinski definition) is 1. The molecule has 1 saturated heterocycles. The van der Waals surface area contributed by atoms with Crippen molar-refractivity contribution in [1.29, 1.82) is 5.26 Å². The van der Waals surface area contributed by atoms with E-state index in [2.05, 4.69) is 11.1 Å². The predicted octanol–water partition coefficient (Wildman–Crippen LogP) is 4.49. The van der Waals surface area contributed by atoms with E-state index < -0.39 is 17.7 Å². The maximum Gasteiger partial charge on any atom is 0.290 e. The first-order valence-electron chi connectivity index (χ1n) is 11.2.